The first-order valence-electron chi connectivity index (χ1n) is 12.3. The maximum Gasteiger partial charge on any atom is 0.407 e. The minimum atomic E-state index is -1.44. The molecule has 0 aliphatic heterocycles. The number of nitrogens with one attached hydrogen (secondary N) is 3. The summed E-state index contributed by atoms with van der Waals surface area (Å²) in [5.41, 5.74) is 3.82. The summed E-state index contributed by atoms with van der Waals surface area (Å²) in [5, 5.41) is 18.0. The summed E-state index contributed by atoms with van der Waals surface area (Å²) < 4.78 is 5.12. The number of carbonyl (C=O) groups is 3. The van der Waals surface area contributed by atoms with E-state index in [0.29, 0.717) is 31.6 Å². The predicted molar refractivity (Wildman–Crippen MR) is 142 cm³/mol. The van der Waals surface area contributed by atoms with Crippen molar-refractivity contribution in [1.29, 1.82) is 0 Å². The van der Waals surface area contributed by atoms with Gasteiger partial charge in [-0.2, -0.15) is 0 Å². The van der Waals surface area contributed by atoms with Gasteiger partial charge in [0.2, 0.25) is 11.8 Å². The fourth-order valence-electron chi connectivity index (χ4n) is 3.56. The molecule has 1 unspecified atom stereocenters. The molecule has 0 fully saturated rings. The molecule has 3 amide bonds. The van der Waals surface area contributed by atoms with E-state index >= 15 is 0 Å². The Bertz CT molecular complexity index is 1120. The number of amides is 3. The standard InChI is InChI=1S/C29H33N3O5/c33-26(20-27(34)32-25-15-13-23(14-16-25)19-22-9-3-1-4-10-22)28(35)30-17-7-8-18-31-29(36)37-21-24-11-5-2-6-12-24/h1-6,9-16,26,33H,7-8,17-21H2,(H,30,35)(H,31,36)(H,32,34). The van der Waals surface area contributed by atoms with Crippen molar-refractivity contribution in [3.63, 3.8) is 0 Å². The summed E-state index contributed by atoms with van der Waals surface area (Å²) in [6.45, 7) is 0.924. The number of anilines is 1. The van der Waals surface area contributed by atoms with Crippen LogP contribution in [0.4, 0.5) is 10.5 Å². The Balaban J connectivity index is 1.25. The SMILES string of the molecule is O=C(CC(O)C(=O)NCCCCNC(=O)OCc1ccccc1)Nc1ccc(Cc2ccccc2)cc1. The zero-order valence-corrected chi connectivity index (χ0v) is 20.7. The van der Waals surface area contributed by atoms with E-state index in [-0.39, 0.29) is 13.0 Å². The lowest BCUT2D eigenvalue weighted by Gasteiger charge is -2.12. The van der Waals surface area contributed by atoms with Gasteiger partial charge >= 0.3 is 6.09 Å². The molecule has 0 saturated carbocycles. The van der Waals surface area contributed by atoms with E-state index in [1.54, 1.807) is 12.1 Å². The van der Waals surface area contributed by atoms with E-state index in [2.05, 4.69) is 28.1 Å². The van der Waals surface area contributed by atoms with Gasteiger partial charge in [-0.25, -0.2) is 4.79 Å². The van der Waals surface area contributed by atoms with Crippen LogP contribution >= 0.6 is 0 Å². The zero-order valence-electron chi connectivity index (χ0n) is 20.7. The highest BCUT2D eigenvalue weighted by Crippen LogP contribution is 2.14. The van der Waals surface area contributed by atoms with Gasteiger partial charge in [-0.05, 0) is 48.1 Å². The molecule has 0 aromatic heterocycles. The van der Waals surface area contributed by atoms with Gasteiger partial charge < -0.3 is 25.8 Å². The Morgan fingerprint density at radius 2 is 1.30 bits per heavy atom. The van der Waals surface area contributed by atoms with Crippen molar-refractivity contribution in [1.82, 2.24) is 10.6 Å². The van der Waals surface area contributed by atoms with Gasteiger partial charge in [0, 0.05) is 18.8 Å². The van der Waals surface area contributed by atoms with Crippen molar-refractivity contribution in [3.8, 4) is 0 Å². The van der Waals surface area contributed by atoms with E-state index in [0.717, 1.165) is 17.5 Å². The summed E-state index contributed by atoms with van der Waals surface area (Å²) in [7, 11) is 0. The average Bonchev–Trinajstić information content (AvgIpc) is 2.91. The van der Waals surface area contributed by atoms with Crippen molar-refractivity contribution in [2.45, 2.75) is 38.4 Å². The van der Waals surface area contributed by atoms with Gasteiger partial charge in [-0.1, -0.05) is 72.8 Å². The minimum Gasteiger partial charge on any atom is -0.445 e. The van der Waals surface area contributed by atoms with Gasteiger partial charge in [0.15, 0.2) is 0 Å². The molecule has 4 N–H and O–H groups in total. The van der Waals surface area contributed by atoms with Gasteiger partial charge in [0.25, 0.3) is 0 Å². The molecule has 8 nitrogen and oxygen atoms in total. The predicted octanol–water partition coefficient (Wildman–Crippen LogP) is 3.79. The molecule has 0 aliphatic carbocycles. The summed E-state index contributed by atoms with van der Waals surface area (Å²) in [6, 6.07) is 26.9. The molecule has 194 valence electrons. The second-order valence-corrected chi connectivity index (χ2v) is 8.61. The molecular weight excluding hydrogens is 470 g/mol. The van der Waals surface area contributed by atoms with Gasteiger partial charge in [-0.15, -0.1) is 0 Å². The van der Waals surface area contributed by atoms with Crippen molar-refractivity contribution in [2.24, 2.45) is 0 Å². The number of alkyl carbamates (subject to hydrolysis) is 1. The number of benzene rings is 3. The Labute approximate surface area is 217 Å². The van der Waals surface area contributed by atoms with Crippen molar-refractivity contribution < 1.29 is 24.2 Å². The molecule has 0 bridgehead atoms. The molecule has 0 radical (unpaired) electrons. The Morgan fingerprint density at radius 3 is 1.95 bits per heavy atom. The van der Waals surface area contributed by atoms with Crippen LogP contribution in [0, 0.1) is 0 Å². The Morgan fingerprint density at radius 1 is 0.730 bits per heavy atom. The summed E-state index contributed by atoms with van der Waals surface area (Å²) in [5.74, 6) is -1.06. The molecular formula is C29H33N3O5. The van der Waals surface area contributed by atoms with Crippen molar-refractivity contribution >= 4 is 23.6 Å². The van der Waals surface area contributed by atoms with E-state index in [4.69, 9.17) is 4.74 Å². The summed E-state index contributed by atoms with van der Waals surface area (Å²) in [4.78, 5) is 36.0. The molecule has 0 spiro atoms. The highest BCUT2D eigenvalue weighted by molar-refractivity contribution is 5.94. The molecule has 3 aromatic carbocycles. The monoisotopic (exact) mass is 503 g/mol. The third-order valence-corrected chi connectivity index (χ3v) is 5.56. The number of carbonyl (C=O) groups excluding carboxylic acids is 3. The van der Waals surface area contributed by atoms with Crippen LogP contribution in [0.15, 0.2) is 84.9 Å². The fraction of sp³-hybridized carbons (Fsp3) is 0.276. The van der Waals surface area contributed by atoms with Gasteiger partial charge in [0.05, 0.1) is 6.42 Å². The normalized spacial score (nSPS) is 11.3. The van der Waals surface area contributed by atoms with Crippen molar-refractivity contribution in [3.05, 3.63) is 102 Å². The molecule has 0 heterocycles. The molecule has 0 saturated heterocycles. The second kappa shape index (κ2) is 15.1. The van der Waals surface area contributed by atoms with Crippen LogP contribution in [-0.4, -0.2) is 42.2 Å². The van der Waals surface area contributed by atoms with Crippen LogP contribution in [-0.2, 0) is 27.4 Å². The highest BCUT2D eigenvalue weighted by Gasteiger charge is 2.18. The Hall–Kier alpha value is -4.17. The zero-order chi connectivity index (χ0) is 26.3. The summed E-state index contributed by atoms with van der Waals surface area (Å²) >= 11 is 0. The number of aliphatic hydroxyl groups is 1. The third-order valence-electron chi connectivity index (χ3n) is 5.56. The lowest BCUT2D eigenvalue weighted by Crippen LogP contribution is -2.37. The first kappa shape index (κ1) is 27.4. The lowest BCUT2D eigenvalue weighted by atomic mass is 10.0. The van der Waals surface area contributed by atoms with E-state index in [9.17, 15) is 19.5 Å². The number of unbranched alkanes of at least 4 members (excludes halogenated alkanes) is 1. The molecule has 3 rings (SSSR count). The van der Waals surface area contributed by atoms with E-state index in [1.807, 2.05) is 60.7 Å². The van der Waals surface area contributed by atoms with Crippen LogP contribution in [0.2, 0.25) is 0 Å². The van der Waals surface area contributed by atoms with Gasteiger partial charge in [0.1, 0.15) is 12.7 Å². The topological polar surface area (TPSA) is 117 Å². The number of hydrogen-bond donors (Lipinski definition) is 4. The quantitative estimate of drug-likeness (QED) is 0.265. The van der Waals surface area contributed by atoms with Gasteiger partial charge in [-0.3, -0.25) is 9.59 Å². The largest absolute Gasteiger partial charge is 0.445 e. The maximum atomic E-state index is 12.2. The molecule has 37 heavy (non-hydrogen) atoms. The van der Waals surface area contributed by atoms with Crippen LogP contribution in [0.5, 0.6) is 0 Å². The van der Waals surface area contributed by atoms with Crippen LogP contribution < -0.4 is 16.0 Å². The number of rotatable bonds is 13. The van der Waals surface area contributed by atoms with Crippen molar-refractivity contribution in [2.75, 3.05) is 18.4 Å². The van der Waals surface area contributed by atoms with E-state index < -0.39 is 24.0 Å². The first-order valence-corrected chi connectivity index (χ1v) is 12.3. The molecule has 0 aliphatic rings. The molecule has 3 aromatic rings. The smallest absolute Gasteiger partial charge is 0.407 e. The molecule has 1 atom stereocenters. The maximum absolute atomic E-state index is 12.2. The fourth-order valence-corrected chi connectivity index (χ4v) is 3.56. The van der Waals surface area contributed by atoms with Crippen LogP contribution in [0.1, 0.15) is 36.0 Å². The average molecular weight is 504 g/mol. The Kier molecular flexibility index (Phi) is 11.2. The second-order valence-electron chi connectivity index (χ2n) is 8.61. The minimum absolute atomic E-state index is 0.202. The lowest BCUT2D eigenvalue weighted by molar-refractivity contribution is -0.133. The number of hydrogen-bond acceptors (Lipinski definition) is 5. The summed E-state index contributed by atoms with van der Waals surface area (Å²) in [6.07, 6.45) is -0.269. The van der Waals surface area contributed by atoms with Crippen LogP contribution in [0.25, 0.3) is 0 Å². The number of aliphatic hydroxyl groups excluding tert-OH is 1. The highest BCUT2D eigenvalue weighted by atomic mass is 16.5. The van der Waals surface area contributed by atoms with Crippen LogP contribution in [0.3, 0.4) is 0 Å². The molecule has 8 heteroatoms. The third kappa shape index (κ3) is 10.5. The first-order chi connectivity index (χ1) is 18.0. The number of ether oxygens (including phenoxy) is 1. The van der Waals surface area contributed by atoms with E-state index in [1.165, 1.54) is 5.56 Å².